The van der Waals surface area contributed by atoms with Crippen LogP contribution < -0.4 is 21.3 Å². The normalized spacial score (nSPS) is 15.4. The Hall–Kier alpha value is -4.81. The Morgan fingerprint density at radius 2 is 1.83 bits per heavy atom. The van der Waals surface area contributed by atoms with Gasteiger partial charge in [0.05, 0.1) is 24.5 Å². The lowest BCUT2D eigenvalue weighted by Gasteiger charge is -2.31. The Balaban J connectivity index is 1.28. The average Bonchev–Trinajstić information content (AvgIpc) is 3.53. The Morgan fingerprint density at radius 3 is 2.52 bits per heavy atom. The lowest BCUT2D eigenvalue weighted by Crippen LogP contribution is -2.47. The van der Waals surface area contributed by atoms with Crippen LogP contribution in [0, 0.1) is 0 Å². The average molecular weight is 622 g/mol. The molecule has 0 bridgehead atoms. The van der Waals surface area contributed by atoms with E-state index < -0.39 is 17.7 Å². The quantitative estimate of drug-likeness (QED) is 0.117. The molecule has 1 saturated heterocycles. The summed E-state index contributed by atoms with van der Waals surface area (Å²) in [5.41, 5.74) is 11.2. The molecule has 5 aromatic rings. The van der Waals surface area contributed by atoms with Crippen LogP contribution in [0.3, 0.4) is 0 Å². The number of aromatic nitrogens is 3. The molecule has 3 aromatic carbocycles. The number of nitrogens with two attached hydrogens (primary N) is 1. The molecule has 0 saturated carbocycles. The third kappa shape index (κ3) is 6.44. The first kappa shape index (κ1) is 31.2. The number of rotatable bonds is 11. The highest BCUT2D eigenvalue weighted by molar-refractivity contribution is 6.06. The number of pyridine rings is 1. The van der Waals surface area contributed by atoms with Crippen molar-refractivity contribution in [2.45, 2.75) is 38.6 Å². The van der Waals surface area contributed by atoms with Crippen molar-refractivity contribution < 1.29 is 19.7 Å². The van der Waals surface area contributed by atoms with Crippen molar-refractivity contribution in [3.8, 4) is 11.4 Å². The van der Waals surface area contributed by atoms with Gasteiger partial charge in [0.1, 0.15) is 23.2 Å². The number of anilines is 3. The smallest absolute Gasteiger partial charge is 0.252 e. The molecule has 7 N–H and O–H groups in total. The summed E-state index contributed by atoms with van der Waals surface area (Å²) in [6, 6.07) is 23.0. The number of primary amides is 1. The molecule has 0 aliphatic carbocycles. The third-order valence-electron chi connectivity index (χ3n) is 8.47. The fourth-order valence-electron chi connectivity index (χ4n) is 5.86. The van der Waals surface area contributed by atoms with Crippen molar-refractivity contribution in [2.24, 2.45) is 5.73 Å². The summed E-state index contributed by atoms with van der Waals surface area (Å²) in [5, 5.41) is 28.5. The molecular weight excluding hydrogens is 582 g/mol. The maximum Gasteiger partial charge on any atom is 0.252 e. The summed E-state index contributed by atoms with van der Waals surface area (Å²) in [6.45, 7) is 7.01. The first-order chi connectivity index (χ1) is 22.2. The Kier molecular flexibility index (Phi) is 9.00. The van der Waals surface area contributed by atoms with E-state index in [1.807, 2.05) is 55.5 Å². The number of aliphatic hydroxyl groups excluding tert-OH is 1. The van der Waals surface area contributed by atoms with E-state index in [-0.39, 0.29) is 5.56 Å². The number of aromatic amines is 1. The van der Waals surface area contributed by atoms with E-state index in [0.29, 0.717) is 54.4 Å². The van der Waals surface area contributed by atoms with E-state index in [1.54, 1.807) is 19.1 Å². The van der Waals surface area contributed by atoms with Gasteiger partial charge in [0.25, 0.3) is 5.91 Å². The minimum absolute atomic E-state index is 0.227. The largest absolute Gasteiger partial charge is 0.384 e. The van der Waals surface area contributed by atoms with E-state index in [9.17, 15) is 15.0 Å². The summed E-state index contributed by atoms with van der Waals surface area (Å²) in [4.78, 5) is 27.4. The Morgan fingerprint density at radius 1 is 1.09 bits per heavy atom. The van der Waals surface area contributed by atoms with Crippen LogP contribution in [0.4, 0.5) is 17.1 Å². The predicted molar refractivity (Wildman–Crippen MR) is 179 cm³/mol. The van der Waals surface area contributed by atoms with Crippen molar-refractivity contribution in [1.29, 1.82) is 0 Å². The number of fused-ring (bicyclic) bond motifs is 1. The zero-order valence-electron chi connectivity index (χ0n) is 26.0. The topological polar surface area (TPSA) is 162 Å². The van der Waals surface area contributed by atoms with Crippen LogP contribution >= 0.6 is 0 Å². The summed E-state index contributed by atoms with van der Waals surface area (Å²) in [7, 11) is 0. The van der Waals surface area contributed by atoms with Gasteiger partial charge < -0.3 is 35.9 Å². The number of hydrogen-bond acceptors (Lipinski definition) is 9. The van der Waals surface area contributed by atoms with Gasteiger partial charge in [0.15, 0.2) is 5.65 Å². The summed E-state index contributed by atoms with van der Waals surface area (Å²) >= 11 is 0. The number of carbonyl (C=O) groups excluding carboxylic acids is 1. The fraction of sp³-hybridized carbons (Fsp3) is 0.286. The number of H-pyrrole nitrogens is 1. The molecule has 3 heterocycles. The maximum absolute atomic E-state index is 12.6. The molecule has 238 valence electrons. The van der Waals surface area contributed by atoms with Gasteiger partial charge in [-0.2, -0.15) is 0 Å². The van der Waals surface area contributed by atoms with Crippen molar-refractivity contribution >= 4 is 34.1 Å². The van der Waals surface area contributed by atoms with Crippen LogP contribution in [0.2, 0.25) is 0 Å². The Bertz CT molecular complexity index is 1820. The molecular formula is C35H39N7O4. The SMILES string of the molecule is CCc1c(CN[C@@](C)(O)[C@@H](O)c2ccccc2)cccc1Nc1c(C(N)=O)cnc2nc(-c3ccc(N4CCOCC4)cc3)[nH]c12. The highest BCUT2D eigenvalue weighted by atomic mass is 16.5. The second-order valence-corrected chi connectivity index (χ2v) is 11.6. The van der Waals surface area contributed by atoms with Gasteiger partial charge in [-0.05, 0) is 60.4 Å². The summed E-state index contributed by atoms with van der Waals surface area (Å²) < 4.78 is 5.47. The van der Waals surface area contributed by atoms with E-state index in [0.717, 1.165) is 41.2 Å². The maximum atomic E-state index is 12.6. The number of aliphatic hydroxyl groups is 2. The monoisotopic (exact) mass is 621 g/mol. The van der Waals surface area contributed by atoms with E-state index >= 15 is 0 Å². The number of nitrogens with zero attached hydrogens (tertiary/aromatic N) is 3. The van der Waals surface area contributed by atoms with Gasteiger partial charge in [-0.1, -0.05) is 49.4 Å². The molecule has 1 amide bonds. The zero-order valence-corrected chi connectivity index (χ0v) is 26.0. The van der Waals surface area contributed by atoms with Gasteiger partial charge in [0.2, 0.25) is 0 Å². The minimum Gasteiger partial charge on any atom is -0.384 e. The van der Waals surface area contributed by atoms with Crippen LogP contribution in [-0.4, -0.2) is 63.1 Å². The first-order valence-electron chi connectivity index (χ1n) is 15.4. The van der Waals surface area contributed by atoms with Crippen molar-refractivity contribution in [2.75, 3.05) is 36.5 Å². The van der Waals surface area contributed by atoms with Crippen molar-refractivity contribution in [1.82, 2.24) is 20.3 Å². The molecule has 0 radical (unpaired) electrons. The van der Waals surface area contributed by atoms with Gasteiger partial charge in [-0.3, -0.25) is 10.1 Å². The molecule has 46 heavy (non-hydrogen) atoms. The van der Waals surface area contributed by atoms with Gasteiger partial charge in [-0.15, -0.1) is 0 Å². The summed E-state index contributed by atoms with van der Waals surface area (Å²) in [5.74, 6) is -0.00157. The molecule has 1 aliphatic rings. The first-order valence-corrected chi connectivity index (χ1v) is 15.4. The number of hydrogen-bond donors (Lipinski definition) is 6. The molecule has 1 fully saturated rings. The number of carbonyl (C=O) groups is 1. The number of amides is 1. The molecule has 11 nitrogen and oxygen atoms in total. The second-order valence-electron chi connectivity index (χ2n) is 11.6. The number of benzene rings is 3. The zero-order chi connectivity index (χ0) is 32.3. The van der Waals surface area contributed by atoms with Gasteiger partial charge in [-0.25, -0.2) is 9.97 Å². The van der Waals surface area contributed by atoms with Crippen LogP contribution in [0.15, 0.2) is 79.0 Å². The number of nitrogens with one attached hydrogen (secondary N) is 3. The molecule has 1 aliphatic heterocycles. The fourth-order valence-corrected chi connectivity index (χ4v) is 5.86. The lowest BCUT2D eigenvalue weighted by molar-refractivity contribution is -0.0889. The van der Waals surface area contributed by atoms with E-state index in [1.165, 1.54) is 6.20 Å². The molecule has 0 unspecified atom stereocenters. The van der Waals surface area contributed by atoms with Gasteiger partial charge in [0, 0.05) is 42.8 Å². The highest BCUT2D eigenvalue weighted by Crippen LogP contribution is 2.33. The van der Waals surface area contributed by atoms with Crippen molar-refractivity contribution in [3.05, 3.63) is 101 Å². The van der Waals surface area contributed by atoms with Crippen LogP contribution in [0.25, 0.3) is 22.6 Å². The highest BCUT2D eigenvalue weighted by Gasteiger charge is 2.31. The predicted octanol–water partition coefficient (Wildman–Crippen LogP) is 4.40. The molecule has 11 heteroatoms. The van der Waals surface area contributed by atoms with E-state index in [4.69, 9.17) is 15.5 Å². The number of morpholine rings is 1. The number of imidazole rings is 1. The van der Waals surface area contributed by atoms with Crippen LogP contribution in [-0.2, 0) is 17.7 Å². The standard InChI is InChI=1S/C35H39N7O4/c1-3-26-24(20-38-35(2,45)31(43)22-8-5-4-6-9-22)10-7-11-28(26)39-29-27(32(36)44)21-37-34-30(29)40-33(41-34)23-12-14-25(15-13-23)42-16-18-46-19-17-42/h4-15,21,31,38,43,45H,3,16-20H2,1-2H3,(H2,36,44)(H2,37,39,40,41)/t31-,35-/m0/s1. The summed E-state index contributed by atoms with van der Waals surface area (Å²) in [6.07, 6.45) is 0.972. The Labute approximate surface area is 267 Å². The number of ether oxygens (including phenoxy) is 1. The lowest BCUT2D eigenvalue weighted by atomic mass is 9.98. The molecule has 0 spiro atoms. The van der Waals surface area contributed by atoms with Crippen molar-refractivity contribution in [3.63, 3.8) is 0 Å². The van der Waals surface area contributed by atoms with Gasteiger partial charge >= 0.3 is 0 Å². The van der Waals surface area contributed by atoms with Crippen LogP contribution in [0.1, 0.15) is 47.0 Å². The molecule has 2 atom stereocenters. The third-order valence-corrected chi connectivity index (χ3v) is 8.47. The minimum atomic E-state index is -1.58. The molecule has 6 rings (SSSR count). The molecule has 2 aromatic heterocycles. The second kappa shape index (κ2) is 13.3. The van der Waals surface area contributed by atoms with E-state index in [2.05, 4.69) is 37.6 Å². The van der Waals surface area contributed by atoms with Crippen LogP contribution in [0.5, 0.6) is 0 Å².